The molecule has 0 aliphatic rings. The smallest absolute Gasteiger partial charge is 0.123 e. The van der Waals surface area contributed by atoms with Gasteiger partial charge in [0, 0.05) is 22.3 Å². The third-order valence-corrected chi connectivity index (χ3v) is 2.87. The van der Waals surface area contributed by atoms with Gasteiger partial charge in [-0.15, -0.1) is 0 Å². The van der Waals surface area contributed by atoms with Crippen molar-refractivity contribution in [3.8, 4) is 16.9 Å². The van der Waals surface area contributed by atoms with Gasteiger partial charge in [-0.3, -0.25) is 0 Å². The van der Waals surface area contributed by atoms with Gasteiger partial charge in [0.1, 0.15) is 11.6 Å². The minimum Gasteiger partial charge on any atom is -0.491 e. The van der Waals surface area contributed by atoms with Crippen molar-refractivity contribution in [1.29, 1.82) is 0 Å². The summed E-state index contributed by atoms with van der Waals surface area (Å²) in [6, 6.07) is 9.51. The number of ether oxygens (including phenoxy) is 1. The van der Waals surface area contributed by atoms with E-state index in [1.165, 1.54) is 18.2 Å². The van der Waals surface area contributed by atoms with Crippen LogP contribution in [-0.4, -0.2) is 6.10 Å². The average Bonchev–Trinajstić information content (AvgIpc) is 2.30. The predicted octanol–water partition coefficient (Wildman–Crippen LogP) is 4.52. The van der Waals surface area contributed by atoms with Crippen LogP contribution in [-0.2, 0) is 0 Å². The Morgan fingerprint density at radius 3 is 2.58 bits per heavy atom. The molecule has 19 heavy (non-hydrogen) atoms. The lowest BCUT2D eigenvalue weighted by atomic mass is 10.0. The Labute approximate surface area is 117 Å². The summed E-state index contributed by atoms with van der Waals surface area (Å²) in [5.41, 5.74) is 7.73. The number of halogens is 2. The van der Waals surface area contributed by atoms with E-state index in [1.54, 1.807) is 18.2 Å². The van der Waals surface area contributed by atoms with Crippen molar-refractivity contribution in [1.82, 2.24) is 0 Å². The number of benzene rings is 2. The molecule has 0 spiro atoms. The van der Waals surface area contributed by atoms with Crippen LogP contribution in [0, 0.1) is 5.82 Å². The van der Waals surface area contributed by atoms with Crippen LogP contribution in [0.2, 0.25) is 5.02 Å². The van der Waals surface area contributed by atoms with Gasteiger partial charge in [-0.25, -0.2) is 4.39 Å². The average molecular weight is 280 g/mol. The topological polar surface area (TPSA) is 35.2 Å². The summed E-state index contributed by atoms with van der Waals surface area (Å²) >= 11 is 6.09. The zero-order chi connectivity index (χ0) is 14.0. The number of nitrogen functional groups attached to an aromatic ring is 1. The number of anilines is 1. The highest BCUT2D eigenvalue weighted by molar-refractivity contribution is 6.33. The van der Waals surface area contributed by atoms with E-state index in [1.807, 2.05) is 13.8 Å². The molecule has 0 unspecified atom stereocenters. The van der Waals surface area contributed by atoms with Crippen molar-refractivity contribution in [2.75, 3.05) is 5.73 Å². The van der Waals surface area contributed by atoms with Crippen LogP contribution in [0.25, 0.3) is 11.1 Å². The SMILES string of the molecule is CC(C)Oc1cc(N)cc(-c2cc(F)ccc2Cl)c1. The second kappa shape index (κ2) is 5.49. The van der Waals surface area contributed by atoms with Crippen molar-refractivity contribution < 1.29 is 9.13 Å². The molecule has 0 atom stereocenters. The van der Waals surface area contributed by atoms with E-state index < -0.39 is 0 Å². The molecule has 0 fully saturated rings. The van der Waals surface area contributed by atoms with Crippen molar-refractivity contribution in [3.05, 3.63) is 47.2 Å². The lowest BCUT2D eigenvalue weighted by Crippen LogP contribution is -2.06. The van der Waals surface area contributed by atoms with Crippen molar-refractivity contribution in [2.45, 2.75) is 20.0 Å². The largest absolute Gasteiger partial charge is 0.491 e. The number of rotatable bonds is 3. The Bertz CT molecular complexity index is 599. The fraction of sp³-hybridized carbons (Fsp3) is 0.200. The van der Waals surface area contributed by atoms with Crippen LogP contribution in [0.1, 0.15) is 13.8 Å². The summed E-state index contributed by atoms with van der Waals surface area (Å²) in [5.74, 6) is 0.304. The molecule has 0 aliphatic heterocycles. The third-order valence-electron chi connectivity index (χ3n) is 2.54. The monoisotopic (exact) mass is 279 g/mol. The van der Waals surface area contributed by atoms with Gasteiger partial charge in [0.25, 0.3) is 0 Å². The summed E-state index contributed by atoms with van der Waals surface area (Å²) in [5, 5.41) is 0.475. The maximum Gasteiger partial charge on any atom is 0.123 e. The molecule has 0 saturated heterocycles. The Balaban J connectivity index is 2.49. The van der Waals surface area contributed by atoms with Gasteiger partial charge in [-0.05, 0) is 49.7 Å². The minimum atomic E-state index is -0.340. The van der Waals surface area contributed by atoms with E-state index >= 15 is 0 Å². The normalized spacial score (nSPS) is 10.8. The predicted molar refractivity (Wildman–Crippen MR) is 77.0 cm³/mol. The fourth-order valence-electron chi connectivity index (χ4n) is 1.84. The van der Waals surface area contributed by atoms with E-state index in [0.29, 0.717) is 22.0 Å². The lowest BCUT2D eigenvalue weighted by Gasteiger charge is -2.13. The zero-order valence-electron chi connectivity index (χ0n) is 10.8. The van der Waals surface area contributed by atoms with Crippen LogP contribution in [0.3, 0.4) is 0 Å². The van der Waals surface area contributed by atoms with Gasteiger partial charge in [0.2, 0.25) is 0 Å². The second-order valence-electron chi connectivity index (χ2n) is 4.58. The molecule has 4 heteroatoms. The molecule has 0 radical (unpaired) electrons. The molecular formula is C15H15ClFNO. The molecule has 2 rings (SSSR count). The van der Waals surface area contributed by atoms with E-state index in [4.69, 9.17) is 22.1 Å². The maximum absolute atomic E-state index is 13.3. The quantitative estimate of drug-likeness (QED) is 0.839. The molecule has 0 heterocycles. The summed E-state index contributed by atoms with van der Waals surface area (Å²) in [4.78, 5) is 0. The van der Waals surface area contributed by atoms with Crippen LogP contribution in [0.5, 0.6) is 5.75 Å². The van der Waals surface area contributed by atoms with Gasteiger partial charge >= 0.3 is 0 Å². The van der Waals surface area contributed by atoms with Crippen molar-refractivity contribution in [2.24, 2.45) is 0 Å². The van der Waals surface area contributed by atoms with Crippen LogP contribution < -0.4 is 10.5 Å². The zero-order valence-corrected chi connectivity index (χ0v) is 11.5. The molecular weight excluding hydrogens is 265 g/mol. The van der Waals surface area contributed by atoms with Crippen molar-refractivity contribution >= 4 is 17.3 Å². The maximum atomic E-state index is 13.3. The van der Waals surface area contributed by atoms with Gasteiger partial charge < -0.3 is 10.5 Å². The molecule has 2 nitrogen and oxygen atoms in total. The number of hydrogen-bond acceptors (Lipinski definition) is 2. The molecule has 0 bridgehead atoms. The highest BCUT2D eigenvalue weighted by Gasteiger charge is 2.08. The molecule has 2 aromatic carbocycles. The highest BCUT2D eigenvalue weighted by atomic mass is 35.5. The second-order valence-corrected chi connectivity index (χ2v) is 4.99. The van der Waals surface area contributed by atoms with Crippen LogP contribution >= 0.6 is 11.6 Å². The summed E-state index contributed by atoms with van der Waals surface area (Å²) in [6.07, 6.45) is 0.0395. The Morgan fingerprint density at radius 1 is 1.16 bits per heavy atom. The third kappa shape index (κ3) is 3.38. The first-order chi connectivity index (χ1) is 8.95. The molecule has 0 saturated carbocycles. The Kier molecular flexibility index (Phi) is 3.96. The molecule has 0 aliphatic carbocycles. The van der Waals surface area contributed by atoms with Gasteiger partial charge in [-0.2, -0.15) is 0 Å². The first kappa shape index (κ1) is 13.7. The lowest BCUT2D eigenvalue weighted by molar-refractivity contribution is 0.242. The Morgan fingerprint density at radius 2 is 1.89 bits per heavy atom. The molecule has 0 aromatic heterocycles. The van der Waals surface area contributed by atoms with Crippen LogP contribution in [0.4, 0.5) is 10.1 Å². The summed E-state index contributed by atoms with van der Waals surface area (Å²) in [7, 11) is 0. The number of nitrogens with two attached hydrogens (primary N) is 1. The molecule has 2 N–H and O–H groups in total. The molecule has 0 amide bonds. The number of hydrogen-bond donors (Lipinski definition) is 1. The van der Waals surface area contributed by atoms with E-state index in [9.17, 15) is 4.39 Å². The first-order valence-electron chi connectivity index (χ1n) is 5.98. The summed E-state index contributed by atoms with van der Waals surface area (Å²) in [6.45, 7) is 3.86. The fourth-order valence-corrected chi connectivity index (χ4v) is 2.06. The standard InChI is InChI=1S/C15H15ClFNO/c1-9(2)19-13-6-10(5-12(18)8-13)14-7-11(17)3-4-15(14)16/h3-9H,18H2,1-2H3. The Hall–Kier alpha value is -1.74. The van der Waals surface area contributed by atoms with Crippen molar-refractivity contribution in [3.63, 3.8) is 0 Å². The first-order valence-corrected chi connectivity index (χ1v) is 6.36. The van der Waals surface area contributed by atoms with E-state index in [2.05, 4.69) is 0 Å². The highest BCUT2D eigenvalue weighted by Crippen LogP contribution is 2.33. The molecule has 100 valence electrons. The van der Waals surface area contributed by atoms with E-state index in [-0.39, 0.29) is 11.9 Å². The molecule has 2 aromatic rings. The van der Waals surface area contributed by atoms with E-state index in [0.717, 1.165) is 5.56 Å². The summed E-state index contributed by atoms with van der Waals surface area (Å²) < 4.78 is 18.9. The van der Waals surface area contributed by atoms with Crippen LogP contribution in [0.15, 0.2) is 36.4 Å². The van der Waals surface area contributed by atoms with Gasteiger partial charge in [0.15, 0.2) is 0 Å². The van der Waals surface area contributed by atoms with Gasteiger partial charge in [0.05, 0.1) is 6.10 Å². The van der Waals surface area contributed by atoms with Gasteiger partial charge in [-0.1, -0.05) is 11.6 Å². The minimum absolute atomic E-state index is 0.0395.